The number of ether oxygens (including phenoxy) is 2. The summed E-state index contributed by atoms with van der Waals surface area (Å²) in [6.07, 6.45) is -2.15. The zero-order valence-electron chi connectivity index (χ0n) is 32.6. The highest BCUT2D eigenvalue weighted by atomic mass is 35.5. The Labute approximate surface area is 339 Å². The maximum atomic E-state index is 14.9. The van der Waals surface area contributed by atoms with E-state index >= 15 is 0 Å². The van der Waals surface area contributed by atoms with Gasteiger partial charge in [0.2, 0.25) is 33.6 Å². The number of pyridine rings is 1. The topological polar surface area (TPSA) is 185 Å². The van der Waals surface area contributed by atoms with Crippen molar-refractivity contribution in [2.75, 3.05) is 13.2 Å². The number of hydrogen-bond donors (Lipinski definition) is 3. The van der Waals surface area contributed by atoms with Gasteiger partial charge in [-0.1, -0.05) is 50.6 Å². The number of fused-ring (bicyclic) bond motifs is 3. The molecule has 58 heavy (non-hydrogen) atoms. The number of halogens is 4. The molecule has 1 saturated heterocycles. The summed E-state index contributed by atoms with van der Waals surface area (Å²) in [5, 5.41) is 13.7. The van der Waals surface area contributed by atoms with Crippen molar-refractivity contribution in [3.05, 3.63) is 41.4 Å². The van der Waals surface area contributed by atoms with Gasteiger partial charge in [0, 0.05) is 34.2 Å². The van der Waals surface area contributed by atoms with Crippen LogP contribution in [0.2, 0.25) is 5.02 Å². The lowest BCUT2D eigenvalue weighted by Crippen LogP contribution is -2.62. The monoisotopic (exact) mass is 855 g/mol. The molecule has 0 radical (unpaired) electrons. The Morgan fingerprint density at radius 1 is 1.17 bits per heavy atom. The standard InChI is InChI=1S/C39H49ClF3N5O9S/c1-5-15-56-31-18-28-27(11-8-12-29(28)40)34(44-31)57-25-17-30-33(49)45-38(36(51)46-58(54,55)26-13-14-26)19-24(38)10-7-6-9-21(2)16-22(3)32(35(50)47(30)20-25)48(37(52)53)23(4)39(41,42)43/h7-8,10-12,18,21-26,30,32H,5-6,9,13-17,19-20H2,1-4H3,(H,45,49)(H,46,51)(H,52,53)/t21-,22+,23+,24+,25+,30-,32-,38+/m0/s1. The summed E-state index contributed by atoms with van der Waals surface area (Å²) in [4.78, 5) is 61.6. The average Bonchev–Trinajstić information content (AvgIpc) is 4.07. The normalized spacial score (nSPS) is 28.7. The van der Waals surface area contributed by atoms with E-state index in [4.69, 9.17) is 21.1 Å². The zero-order chi connectivity index (χ0) is 42.3. The Bertz CT molecular complexity index is 2070. The third kappa shape index (κ3) is 9.11. The maximum absolute atomic E-state index is 14.9. The second-order valence-corrected chi connectivity index (χ2v) is 18.4. The molecule has 0 spiro atoms. The Morgan fingerprint density at radius 3 is 2.55 bits per heavy atom. The number of amides is 4. The van der Waals surface area contributed by atoms with Crippen molar-refractivity contribution < 1.29 is 55.3 Å². The maximum Gasteiger partial charge on any atom is 0.408 e. The number of alkyl halides is 3. The van der Waals surface area contributed by atoms with E-state index in [2.05, 4.69) is 15.0 Å². The quantitative estimate of drug-likeness (QED) is 0.246. The molecular formula is C39H49ClF3N5O9S. The number of benzene rings is 1. The van der Waals surface area contributed by atoms with E-state index in [-0.39, 0.29) is 48.4 Å². The van der Waals surface area contributed by atoms with Crippen LogP contribution in [0.1, 0.15) is 79.1 Å². The molecule has 3 fully saturated rings. The fourth-order valence-corrected chi connectivity index (χ4v) is 9.66. The molecule has 3 N–H and O–H groups in total. The van der Waals surface area contributed by atoms with Gasteiger partial charge in [-0.2, -0.15) is 18.2 Å². The van der Waals surface area contributed by atoms with Crippen LogP contribution in [0.15, 0.2) is 36.4 Å². The highest BCUT2D eigenvalue weighted by molar-refractivity contribution is 7.91. The Morgan fingerprint density at radius 2 is 1.90 bits per heavy atom. The SMILES string of the molecule is CCCOc1cc2c(Cl)cccc2c(O[C@@H]2C[C@H]3C(=O)N[C@]4(C(=O)NS(=O)(=O)C5CC5)C[C@H]4C=CCC[C@H](C)C[C@@H](C)[C@H](N(C(=O)O)[C@H](C)C(F)(F)F)C(=O)N3C2)n1. The van der Waals surface area contributed by atoms with Crippen molar-refractivity contribution in [3.8, 4) is 11.8 Å². The molecule has 4 amide bonds. The largest absolute Gasteiger partial charge is 0.478 e. The predicted octanol–water partition coefficient (Wildman–Crippen LogP) is 5.82. The lowest BCUT2D eigenvalue weighted by molar-refractivity contribution is -0.184. The van der Waals surface area contributed by atoms with Gasteiger partial charge in [0.25, 0.3) is 5.91 Å². The van der Waals surface area contributed by atoms with Crippen LogP contribution in [0.4, 0.5) is 18.0 Å². The van der Waals surface area contributed by atoms with E-state index in [1.54, 1.807) is 36.4 Å². The van der Waals surface area contributed by atoms with Crippen molar-refractivity contribution in [1.29, 1.82) is 0 Å². The van der Waals surface area contributed by atoms with Gasteiger partial charge in [-0.25, -0.2) is 13.2 Å². The average molecular weight is 856 g/mol. The fraction of sp³-hybridized carbons (Fsp3) is 0.615. The molecule has 19 heteroatoms. The van der Waals surface area contributed by atoms with E-state index in [9.17, 15) is 45.9 Å². The molecular weight excluding hydrogens is 807 g/mol. The zero-order valence-corrected chi connectivity index (χ0v) is 34.2. The predicted molar refractivity (Wildman–Crippen MR) is 207 cm³/mol. The van der Waals surface area contributed by atoms with Gasteiger partial charge in [0.15, 0.2) is 0 Å². The summed E-state index contributed by atoms with van der Waals surface area (Å²) in [5.74, 6) is -4.40. The van der Waals surface area contributed by atoms with Crippen molar-refractivity contribution in [3.63, 3.8) is 0 Å². The van der Waals surface area contributed by atoms with Gasteiger partial charge < -0.3 is 24.8 Å². The number of aromatic nitrogens is 1. The molecule has 3 heterocycles. The molecule has 2 aliphatic heterocycles. The number of nitrogens with zero attached hydrogens (tertiary/aromatic N) is 3. The molecule has 8 atom stereocenters. The van der Waals surface area contributed by atoms with Crippen LogP contribution in [0, 0.1) is 17.8 Å². The van der Waals surface area contributed by atoms with Crippen molar-refractivity contribution in [1.82, 2.24) is 24.8 Å². The van der Waals surface area contributed by atoms with Crippen LogP contribution >= 0.6 is 11.6 Å². The summed E-state index contributed by atoms with van der Waals surface area (Å²) in [6, 6.07) is 0.695. The Balaban J connectivity index is 1.42. The van der Waals surface area contributed by atoms with E-state index in [1.807, 2.05) is 13.8 Å². The van der Waals surface area contributed by atoms with E-state index in [0.29, 0.717) is 61.4 Å². The van der Waals surface area contributed by atoms with Gasteiger partial charge >= 0.3 is 12.3 Å². The molecule has 4 aliphatic rings. The smallest absolute Gasteiger partial charge is 0.408 e. The van der Waals surface area contributed by atoms with Gasteiger partial charge in [-0.05, 0) is 75.8 Å². The molecule has 318 valence electrons. The molecule has 6 rings (SSSR count). The number of sulfonamides is 1. The Hall–Kier alpha value is -4.32. The first-order chi connectivity index (χ1) is 27.3. The minimum atomic E-state index is -5.04. The summed E-state index contributed by atoms with van der Waals surface area (Å²) in [7, 11) is -4.03. The lowest BCUT2D eigenvalue weighted by atomic mass is 9.86. The molecule has 2 aromatic rings. The second-order valence-electron chi connectivity index (χ2n) is 16.1. The van der Waals surface area contributed by atoms with Crippen LogP contribution < -0.4 is 19.5 Å². The second kappa shape index (κ2) is 16.7. The Kier molecular flexibility index (Phi) is 12.5. The van der Waals surface area contributed by atoms with E-state index in [0.717, 1.165) is 4.90 Å². The summed E-state index contributed by atoms with van der Waals surface area (Å²) in [5.41, 5.74) is -1.71. The first kappa shape index (κ1) is 43.3. The minimum absolute atomic E-state index is 0.0387. The third-order valence-electron chi connectivity index (χ3n) is 11.5. The van der Waals surface area contributed by atoms with Crippen molar-refractivity contribution in [2.24, 2.45) is 17.8 Å². The molecule has 1 aromatic heterocycles. The first-order valence-corrected chi connectivity index (χ1v) is 21.5. The summed E-state index contributed by atoms with van der Waals surface area (Å²) < 4.78 is 83.1. The van der Waals surface area contributed by atoms with Crippen LogP contribution in [0.25, 0.3) is 10.8 Å². The summed E-state index contributed by atoms with van der Waals surface area (Å²) >= 11 is 6.53. The lowest BCUT2D eigenvalue weighted by Gasteiger charge is -2.40. The van der Waals surface area contributed by atoms with Crippen LogP contribution in [0.3, 0.4) is 0 Å². The number of nitrogens with one attached hydrogen (secondary N) is 2. The molecule has 1 aromatic carbocycles. The highest BCUT2D eigenvalue weighted by Gasteiger charge is 2.62. The molecule has 14 nitrogen and oxygen atoms in total. The number of carbonyl (C=O) groups excluding carboxylic acids is 3. The van der Waals surface area contributed by atoms with Gasteiger partial charge in [-0.3, -0.25) is 24.0 Å². The number of rotatable bonds is 10. The van der Waals surface area contributed by atoms with Crippen molar-refractivity contribution >= 4 is 56.2 Å². The van der Waals surface area contributed by atoms with Gasteiger partial charge in [0.1, 0.15) is 29.8 Å². The number of hydrogen-bond acceptors (Lipinski definition) is 9. The minimum Gasteiger partial charge on any atom is -0.478 e. The van der Waals surface area contributed by atoms with E-state index < -0.39 is 86.9 Å². The molecule has 0 bridgehead atoms. The van der Waals surface area contributed by atoms with Gasteiger partial charge in [0.05, 0.1) is 18.4 Å². The molecule has 2 aliphatic carbocycles. The molecule has 2 saturated carbocycles. The van der Waals surface area contributed by atoms with Gasteiger partial charge in [-0.15, -0.1) is 0 Å². The first-order valence-electron chi connectivity index (χ1n) is 19.6. The fourth-order valence-electron chi connectivity index (χ4n) is 8.07. The summed E-state index contributed by atoms with van der Waals surface area (Å²) in [6.45, 7) is 5.86. The van der Waals surface area contributed by atoms with Crippen LogP contribution in [-0.4, -0.2) is 106 Å². The van der Waals surface area contributed by atoms with Crippen LogP contribution in [-0.2, 0) is 24.4 Å². The number of allylic oxidation sites excluding steroid dienone is 1. The van der Waals surface area contributed by atoms with Crippen LogP contribution in [0.5, 0.6) is 11.8 Å². The van der Waals surface area contributed by atoms with E-state index in [1.165, 1.54) is 6.92 Å². The number of carboxylic acid groups (broad SMARTS) is 1. The van der Waals surface area contributed by atoms with Crippen molar-refractivity contribution in [2.45, 2.75) is 120 Å². The third-order valence-corrected chi connectivity index (χ3v) is 13.6. The number of carbonyl (C=O) groups is 4. The highest BCUT2D eigenvalue weighted by Crippen LogP contribution is 2.46. The molecule has 0 unspecified atom stereocenters.